The smallest absolute Gasteiger partial charge is 0.207 e. The molecule has 0 saturated heterocycles. The first-order valence-electron chi connectivity index (χ1n) is 3.48. The van der Waals surface area contributed by atoms with Crippen LogP contribution in [0.15, 0.2) is 21.5 Å². The van der Waals surface area contributed by atoms with Crippen LogP contribution in [0, 0.1) is 0 Å². The Kier molecular flexibility index (Phi) is 2.14. The van der Waals surface area contributed by atoms with Crippen molar-refractivity contribution in [1.29, 1.82) is 0 Å². The molecule has 1 N–H and O–H groups in total. The molecule has 1 aliphatic rings. The number of hydrogen-bond acceptors (Lipinski definition) is 2. The summed E-state index contributed by atoms with van der Waals surface area (Å²) in [5.41, 5.74) is 0.708. The SMILES string of the molecule is O=S1(=O)NCc2cc(Cl)cc(Br)c21. The van der Waals surface area contributed by atoms with Crippen LogP contribution < -0.4 is 4.72 Å². The average Bonchev–Trinajstić information content (AvgIpc) is 2.26. The molecule has 13 heavy (non-hydrogen) atoms. The molecule has 0 bridgehead atoms. The molecule has 1 heterocycles. The van der Waals surface area contributed by atoms with Crippen molar-refractivity contribution in [2.45, 2.75) is 11.4 Å². The van der Waals surface area contributed by atoms with E-state index in [1.807, 2.05) is 0 Å². The predicted molar refractivity (Wildman–Crippen MR) is 53.2 cm³/mol. The summed E-state index contributed by atoms with van der Waals surface area (Å²) in [6.45, 7) is 0.316. The van der Waals surface area contributed by atoms with E-state index in [-0.39, 0.29) is 0 Å². The molecule has 3 nitrogen and oxygen atoms in total. The van der Waals surface area contributed by atoms with E-state index in [0.29, 0.717) is 26.5 Å². The highest BCUT2D eigenvalue weighted by molar-refractivity contribution is 9.10. The third kappa shape index (κ3) is 1.50. The minimum atomic E-state index is -3.31. The number of nitrogens with one attached hydrogen (secondary N) is 1. The number of hydrogen-bond donors (Lipinski definition) is 1. The minimum absolute atomic E-state index is 0.303. The van der Waals surface area contributed by atoms with Crippen LogP contribution in [0.3, 0.4) is 0 Å². The average molecular weight is 283 g/mol. The van der Waals surface area contributed by atoms with Gasteiger partial charge in [-0.15, -0.1) is 0 Å². The third-order valence-electron chi connectivity index (χ3n) is 1.81. The van der Waals surface area contributed by atoms with E-state index < -0.39 is 10.0 Å². The Hall–Kier alpha value is -0.100. The predicted octanol–water partition coefficient (Wildman–Crippen LogP) is 1.89. The molecule has 0 atom stereocenters. The highest BCUT2D eigenvalue weighted by Crippen LogP contribution is 2.32. The Balaban J connectivity index is 2.80. The molecular weight excluding hydrogens is 278 g/mol. The van der Waals surface area contributed by atoms with Gasteiger partial charge in [0.05, 0.1) is 0 Å². The molecule has 0 aromatic heterocycles. The zero-order valence-corrected chi connectivity index (χ0v) is 9.50. The molecule has 1 aromatic carbocycles. The fourth-order valence-corrected chi connectivity index (χ4v) is 4.09. The number of halogens is 2. The van der Waals surface area contributed by atoms with Gasteiger partial charge >= 0.3 is 0 Å². The maximum Gasteiger partial charge on any atom is 0.242 e. The van der Waals surface area contributed by atoms with Gasteiger partial charge in [0.1, 0.15) is 4.90 Å². The van der Waals surface area contributed by atoms with Crippen molar-refractivity contribution in [3.05, 3.63) is 27.2 Å². The molecule has 1 aromatic rings. The summed E-state index contributed by atoms with van der Waals surface area (Å²) in [6, 6.07) is 3.23. The second-order valence-electron chi connectivity index (χ2n) is 2.70. The molecule has 0 unspecified atom stereocenters. The molecule has 0 fully saturated rings. The standard InChI is InChI=1S/C7H5BrClNO2S/c8-6-2-5(9)1-4-3-10-13(11,12)7(4)6/h1-2,10H,3H2. The van der Waals surface area contributed by atoms with E-state index in [4.69, 9.17) is 11.6 Å². The summed E-state index contributed by atoms with van der Waals surface area (Å²) in [5, 5.41) is 0.532. The lowest BCUT2D eigenvalue weighted by Crippen LogP contribution is -2.14. The second kappa shape index (κ2) is 2.95. The van der Waals surface area contributed by atoms with E-state index in [1.165, 1.54) is 0 Å². The van der Waals surface area contributed by atoms with Crippen LogP contribution in [0.25, 0.3) is 0 Å². The molecule has 0 saturated carbocycles. The Labute approximate surface area is 89.3 Å². The normalized spacial score (nSPS) is 18.6. The van der Waals surface area contributed by atoms with Crippen molar-refractivity contribution < 1.29 is 8.42 Å². The third-order valence-corrected chi connectivity index (χ3v) is 4.46. The molecule has 1 aliphatic heterocycles. The number of fused-ring (bicyclic) bond motifs is 1. The Morgan fingerprint density at radius 1 is 1.46 bits per heavy atom. The summed E-state index contributed by atoms with van der Waals surface area (Å²) in [7, 11) is -3.31. The Bertz CT molecular complexity index is 472. The quantitative estimate of drug-likeness (QED) is 0.790. The molecule has 0 amide bonds. The number of benzene rings is 1. The van der Waals surface area contributed by atoms with Gasteiger partial charge in [-0.3, -0.25) is 0 Å². The van der Waals surface area contributed by atoms with Gasteiger partial charge in [-0.25, -0.2) is 13.1 Å². The molecule has 0 radical (unpaired) electrons. The summed E-state index contributed by atoms with van der Waals surface area (Å²) in [6.07, 6.45) is 0. The summed E-state index contributed by atoms with van der Waals surface area (Å²) < 4.78 is 25.7. The highest BCUT2D eigenvalue weighted by atomic mass is 79.9. The van der Waals surface area contributed by atoms with Gasteiger partial charge in [0.15, 0.2) is 0 Å². The van der Waals surface area contributed by atoms with Crippen molar-refractivity contribution >= 4 is 37.6 Å². The van der Waals surface area contributed by atoms with Crippen LogP contribution in [0.5, 0.6) is 0 Å². The lowest BCUT2D eigenvalue weighted by atomic mass is 10.2. The first-order valence-corrected chi connectivity index (χ1v) is 6.14. The van der Waals surface area contributed by atoms with Gasteiger partial charge in [0.25, 0.3) is 0 Å². The summed E-state index contributed by atoms with van der Waals surface area (Å²) in [5.74, 6) is 0. The van der Waals surface area contributed by atoms with Crippen LogP contribution in [0.4, 0.5) is 0 Å². The van der Waals surface area contributed by atoms with Crippen LogP contribution in [0.2, 0.25) is 5.02 Å². The molecule has 70 valence electrons. The van der Waals surface area contributed by atoms with Crippen LogP contribution in [0.1, 0.15) is 5.56 Å². The van der Waals surface area contributed by atoms with Crippen molar-refractivity contribution in [2.24, 2.45) is 0 Å². The van der Waals surface area contributed by atoms with E-state index >= 15 is 0 Å². The molecular formula is C7H5BrClNO2S. The lowest BCUT2D eigenvalue weighted by molar-refractivity contribution is 0.589. The van der Waals surface area contributed by atoms with Gasteiger partial charge in [-0.05, 0) is 33.6 Å². The largest absolute Gasteiger partial charge is 0.242 e. The van der Waals surface area contributed by atoms with Gasteiger partial charge in [-0.2, -0.15) is 0 Å². The van der Waals surface area contributed by atoms with Crippen LogP contribution in [-0.2, 0) is 16.6 Å². The topological polar surface area (TPSA) is 46.2 Å². The van der Waals surface area contributed by atoms with E-state index in [0.717, 1.165) is 0 Å². The van der Waals surface area contributed by atoms with Gasteiger partial charge in [-0.1, -0.05) is 11.6 Å². The molecule has 0 spiro atoms. The van der Waals surface area contributed by atoms with Crippen LogP contribution >= 0.6 is 27.5 Å². The monoisotopic (exact) mass is 281 g/mol. The number of sulfonamides is 1. The van der Waals surface area contributed by atoms with Gasteiger partial charge in [0, 0.05) is 16.0 Å². The molecule has 0 aliphatic carbocycles. The van der Waals surface area contributed by atoms with Crippen molar-refractivity contribution in [2.75, 3.05) is 0 Å². The Morgan fingerprint density at radius 3 is 2.85 bits per heavy atom. The zero-order valence-electron chi connectivity index (χ0n) is 6.34. The molecule has 2 rings (SSSR count). The molecule has 6 heteroatoms. The van der Waals surface area contributed by atoms with Crippen molar-refractivity contribution in [3.8, 4) is 0 Å². The lowest BCUT2D eigenvalue weighted by Gasteiger charge is -2.00. The van der Waals surface area contributed by atoms with Crippen molar-refractivity contribution in [1.82, 2.24) is 4.72 Å². The maximum absolute atomic E-state index is 11.4. The fourth-order valence-electron chi connectivity index (χ4n) is 1.29. The highest BCUT2D eigenvalue weighted by Gasteiger charge is 2.28. The van der Waals surface area contributed by atoms with E-state index in [2.05, 4.69) is 20.7 Å². The van der Waals surface area contributed by atoms with Gasteiger partial charge in [0.2, 0.25) is 10.0 Å². The summed E-state index contributed by atoms with van der Waals surface area (Å²) >= 11 is 8.94. The van der Waals surface area contributed by atoms with Crippen LogP contribution in [-0.4, -0.2) is 8.42 Å². The minimum Gasteiger partial charge on any atom is -0.207 e. The Morgan fingerprint density at radius 2 is 2.15 bits per heavy atom. The van der Waals surface area contributed by atoms with Gasteiger partial charge < -0.3 is 0 Å². The second-order valence-corrected chi connectivity index (χ2v) is 5.69. The first-order chi connectivity index (χ1) is 6.00. The maximum atomic E-state index is 11.4. The first kappa shape index (κ1) is 9.45. The zero-order chi connectivity index (χ0) is 9.64. The number of rotatable bonds is 0. The fraction of sp³-hybridized carbons (Fsp3) is 0.143. The summed E-state index contributed by atoms with van der Waals surface area (Å²) in [4.78, 5) is 0.303. The van der Waals surface area contributed by atoms with E-state index in [1.54, 1.807) is 12.1 Å². The van der Waals surface area contributed by atoms with Crippen molar-refractivity contribution in [3.63, 3.8) is 0 Å². The van der Waals surface area contributed by atoms with E-state index in [9.17, 15) is 8.42 Å².